The minimum absolute atomic E-state index is 0.0840. The molecule has 20 heavy (non-hydrogen) atoms. The molecule has 0 bridgehead atoms. The smallest absolute Gasteiger partial charge is 0.317 e. The van der Waals surface area contributed by atoms with Gasteiger partial charge in [0.2, 0.25) is 0 Å². The van der Waals surface area contributed by atoms with E-state index in [0.717, 1.165) is 12.8 Å². The van der Waals surface area contributed by atoms with Crippen LogP contribution in [0.5, 0.6) is 0 Å². The Balaban J connectivity index is 1.73. The second-order valence-corrected chi connectivity index (χ2v) is 8.32. The molecule has 1 heterocycles. The summed E-state index contributed by atoms with van der Waals surface area (Å²) in [7, 11) is -1.29. The predicted molar refractivity (Wildman–Crippen MR) is 76.4 cm³/mol. The molecule has 7 heteroatoms. The van der Waals surface area contributed by atoms with Gasteiger partial charge in [-0.25, -0.2) is 13.2 Å². The largest absolute Gasteiger partial charge is 0.375 e. The Kier molecular flexibility index (Phi) is 4.59. The molecule has 2 fully saturated rings. The molecule has 6 nitrogen and oxygen atoms in total. The van der Waals surface area contributed by atoms with E-state index in [2.05, 4.69) is 5.32 Å². The van der Waals surface area contributed by atoms with Gasteiger partial charge in [0.05, 0.1) is 23.7 Å². The van der Waals surface area contributed by atoms with Crippen LogP contribution in [-0.2, 0) is 14.6 Å². The lowest BCUT2D eigenvalue weighted by Gasteiger charge is -2.38. The summed E-state index contributed by atoms with van der Waals surface area (Å²) in [5, 5.41) is 2.94. The van der Waals surface area contributed by atoms with Crippen LogP contribution in [0.15, 0.2) is 0 Å². The standard InChI is InChI=1S/C13H24N2O4S/c1-9(2)19-12-6-10(7-12)14-13(16)15(3)11-4-5-20(17,18)8-11/h9-12H,4-8H2,1-3H3,(H,14,16). The summed E-state index contributed by atoms with van der Waals surface area (Å²) in [4.78, 5) is 13.6. The number of hydrogen-bond acceptors (Lipinski definition) is 4. The fourth-order valence-corrected chi connectivity index (χ4v) is 4.48. The summed E-state index contributed by atoms with van der Waals surface area (Å²) in [6.07, 6.45) is 2.65. The molecule has 2 rings (SSSR count). The molecule has 1 saturated carbocycles. The van der Waals surface area contributed by atoms with E-state index >= 15 is 0 Å². The minimum Gasteiger partial charge on any atom is -0.375 e. The molecule has 1 atom stereocenters. The van der Waals surface area contributed by atoms with E-state index in [9.17, 15) is 13.2 Å². The van der Waals surface area contributed by atoms with Crippen LogP contribution >= 0.6 is 0 Å². The zero-order chi connectivity index (χ0) is 14.9. The van der Waals surface area contributed by atoms with Gasteiger partial charge in [-0.05, 0) is 33.1 Å². The van der Waals surface area contributed by atoms with Gasteiger partial charge in [-0.1, -0.05) is 0 Å². The summed E-state index contributed by atoms with van der Waals surface area (Å²) in [5.41, 5.74) is 0. The molecule has 116 valence electrons. The molecule has 1 aliphatic heterocycles. The van der Waals surface area contributed by atoms with Crippen LogP contribution < -0.4 is 5.32 Å². The monoisotopic (exact) mass is 304 g/mol. The molecular formula is C13H24N2O4S. The summed E-state index contributed by atoms with van der Waals surface area (Å²) in [6, 6.07) is -0.227. The van der Waals surface area contributed by atoms with Crippen molar-refractivity contribution in [2.45, 2.75) is 57.4 Å². The predicted octanol–water partition coefficient (Wildman–Crippen LogP) is 0.771. The number of amides is 2. The molecule has 1 N–H and O–H groups in total. The highest BCUT2D eigenvalue weighted by atomic mass is 32.2. The van der Waals surface area contributed by atoms with Gasteiger partial charge in [0.25, 0.3) is 0 Å². The third-order valence-electron chi connectivity index (χ3n) is 3.96. The van der Waals surface area contributed by atoms with E-state index in [1.54, 1.807) is 7.05 Å². The highest BCUT2D eigenvalue weighted by Crippen LogP contribution is 2.25. The zero-order valence-electron chi connectivity index (χ0n) is 12.3. The molecule has 0 radical (unpaired) electrons. The van der Waals surface area contributed by atoms with Crippen LogP contribution in [0.4, 0.5) is 4.79 Å². The first kappa shape index (κ1) is 15.6. The van der Waals surface area contributed by atoms with Crippen LogP contribution in [0.2, 0.25) is 0 Å². The first-order valence-electron chi connectivity index (χ1n) is 7.16. The van der Waals surface area contributed by atoms with Gasteiger partial charge >= 0.3 is 6.03 Å². The first-order valence-corrected chi connectivity index (χ1v) is 8.98. The van der Waals surface area contributed by atoms with Crippen molar-refractivity contribution < 1.29 is 17.9 Å². The van der Waals surface area contributed by atoms with Gasteiger partial charge in [0.1, 0.15) is 0 Å². The van der Waals surface area contributed by atoms with Crippen molar-refractivity contribution in [1.82, 2.24) is 10.2 Å². The van der Waals surface area contributed by atoms with Crippen molar-refractivity contribution in [3.05, 3.63) is 0 Å². The van der Waals surface area contributed by atoms with Crippen molar-refractivity contribution in [1.29, 1.82) is 0 Å². The van der Waals surface area contributed by atoms with Crippen LogP contribution in [0.3, 0.4) is 0 Å². The number of sulfone groups is 1. The molecule has 0 spiro atoms. The molecule has 1 aliphatic carbocycles. The average Bonchev–Trinajstić information content (AvgIpc) is 2.65. The van der Waals surface area contributed by atoms with Gasteiger partial charge in [-0.2, -0.15) is 0 Å². The van der Waals surface area contributed by atoms with E-state index in [1.807, 2.05) is 13.8 Å². The zero-order valence-corrected chi connectivity index (χ0v) is 13.1. The fourth-order valence-electron chi connectivity index (χ4n) is 2.70. The lowest BCUT2D eigenvalue weighted by Crippen LogP contribution is -2.53. The summed E-state index contributed by atoms with van der Waals surface area (Å²) < 4.78 is 28.5. The number of carbonyl (C=O) groups is 1. The van der Waals surface area contributed by atoms with Gasteiger partial charge in [0.15, 0.2) is 9.84 Å². The Hall–Kier alpha value is -0.820. The van der Waals surface area contributed by atoms with Crippen molar-refractivity contribution in [3.8, 4) is 0 Å². The van der Waals surface area contributed by atoms with Crippen molar-refractivity contribution in [2.75, 3.05) is 18.6 Å². The molecule has 1 unspecified atom stereocenters. The molecule has 1 saturated heterocycles. The second kappa shape index (κ2) is 5.89. The molecule has 0 aromatic carbocycles. The van der Waals surface area contributed by atoms with Gasteiger partial charge < -0.3 is 15.0 Å². The number of carbonyl (C=O) groups excluding carboxylic acids is 1. The highest BCUT2D eigenvalue weighted by Gasteiger charge is 2.36. The van der Waals surface area contributed by atoms with Gasteiger partial charge in [0, 0.05) is 19.1 Å². The molecule has 0 aromatic heterocycles. The third-order valence-corrected chi connectivity index (χ3v) is 5.71. The molecule has 2 amide bonds. The van der Waals surface area contributed by atoms with E-state index in [1.165, 1.54) is 4.90 Å². The van der Waals surface area contributed by atoms with E-state index in [-0.39, 0.29) is 41.8 Å². The maximum absolute atomic E-state index is 12.1. The summed E-state index contributed by atoms with van der Waals surface area (Å²) in [6.45, 7) is 4.00. The number of nitrogens with one attached hydrogen (secondary N) is 1. The third kappa shape index (κ3) is 3.85. The number of nitrogens with zero attached hydrogens (tertiary/aromatic N) is 1. The number of rotatable bonds is 4. The van der Waals surface area contributed by atoms with Crippen LogP contribution in [-0.4, -0.2) is 62.2 Å². The number of hydrogen-bond donors (Lipinski definition) is 1. The normalized spacial score (nSPS) is 31.9. The van der Waals surface area contributed by atoms with Crippen LogP contribution in [0, 0.1) is 0 Å². The Morgan fingerprint density at radius 1 is 1.35 bits per heavy atom. The average molecular weight is 304 g/mol. The lowest BCUT2D eigenvalue weighted by molar-refractivity contribution is -0.0481. The number of ether oxygens (including phenoxy) is 1. The molecular weight excluding hydrogens is 280 g/mol. The van der Waals surface area contributed by atoms with Gasteiger partial charge in [-0.15, -0.1) is 0 Å². The van der Waals surface area contributed by atoms with Crippen LogP contribution in [0.25, 0.3) is 0 Å². The SMILES string of the molecule is CC(C)OC1CC(NC(=O)N(C)C2CCS(=O)(=O)C2)C1. The minimum atomic E-state index is -2.96. The van der Waals surface area contributed by atoms with E-state index in [4.69, 9.17) is 4.74 Å². The maximum atomic E-state index is 12.1. The Morgan fingerprint density at radius 2 is 2.00 bits per heavy atom. The summed E-state index contributed by atoms with van der Waals surface area (Å²) in [5.74, 6) is 0.268. The van der Waals surface area contributed by atoms with Crippen molar-refractivity contribution in [2.24, 2.45) is 0 Å². The molecule has 2 aliphatic rings. The Labute approximate surface area is 120 Å². The lowest BCUT2D eigenvalue weighted by atomic mass is 9.89. The Bertz CT molecular complexity index is 457. The van der Waals surface area contributed by atoms with Crippen LogP contribution in [0.1, 0.15) is 33.1 Å². The quantitative estimate of drug-likeness (QED) is 0.832. The van der Waals surface area contributed by atoms with Crippen molar-refractivity contribution in [3.63, 3.8) is 0 Å². The number of urea groups is 1. The fraction of sp³-hybridized carbons (Fsp3) is 0.923. The second-order valence-electron chi connectivity index (χ2n) is 6.09. The van der Waals surface area contributed by atoms with E-state index in [0.29, 0.717) is 6.42 Å². The molecule has 0 aromatic rings. The topological polar surface area (TPSA) is 75.7 Å². The van der Waals surface area contributed by atoms with Gasteiger partial charge in [-0.3, -0.25) is 0 Å². The Morgan fingerprint density at radius 3 is 2.50 bits per heavy atom. The first-order chi connectivity index (χ1) is 9.27. The summed E-state index contributed by atoms with van der Waals surface area (Å²) >= 11 is 0. The maximum Gasteiger partial charge on any atom is 0.317 e. The highest BCUT2D eigenvalue weighted by molar-refractivity contribution is 7.91. The van der Waals surface area contributed by atoms with E-state index < -0.39 is 9.84 Å². The van der Waals surface area contributed by atoms with Crippen molar-refractivity contribution >= 4 is 15.9 Å².